The lowest BCUT2D eigenvalue weighted by Gasteiger charge is -2.33. The summed E-state index contributed by atoms with van der Waals surface area (Å²) in [6.07, 6.45) is 0.412. The van der Waals surface area contributed by atoms with E-state index in [1.807, 2.05) is 0 Å². The minimum atomic E-state index is -0.789. The van der Waals surface area contributed by atoms with Crippen molar-refractivity contribution in [2.75, 3.05) is 5.73 Å². The number of amides is 3. The first-order chi connectivity index (χ1) is 10.9. The highest BCUT2D eigenvalue weighted by molar-refractivity contribution is 6.06. The number of nitrogens with one attached hydrogen (secondary N) is 1. The van der Waals surface area contributed by atoms with Crippen LogP contribution >= 0.6 is 0 Å². The van der Waals surface area contributed by atoms with Crippen LogP contribution in [0, 0.1) is 0 Å². The smallest absolute Gasteiger partial charge is 0.261 e. The minimum Gasteiger partial charge on any atom is -0.398 e. The van der Waals surface area contributed by atoms with E-state index >= 15 is 0 Å². The molecule has 1 atom stereocenters. The van der Waals surface area contributed by atoms with Gasteiger partial charge in [0, 0.05) is 24.4 Å². The summed E-state index contributed by atoms with van der Waals surface area (Å²) in [5.41, 5.74) is 13.2. The van der Waals surface area contributed by atoms with Crippen LogP contribution in [0.4, 0.5) is 5.69 Å². The Labute approximate surface area is 134 Å². The van der Waals surface area contributed by atoms with Gasteiger partial charge in [-0.25, -0.2) is 0 Å². The van der Waals surface area contributed by atoms with Gasteiger partial charge in [0.05, 0.1) is 5.56 Å². The maximum atomic E-state index is 13.0. The molecule has 0 bridgehead atoms. The number of hydrogen-bond donors (Lipinski definition) is 3. The predicted octanol–water partition coefficient (Wildman–Crippen LogP) is 0.508. The summed E-state index contributed by atoms with van der Waals surface area (Å²) in [4.78, 5) is 37.7. The van der Waals surface area contributed by atoms with E-state index in [2.05, 4.69) is 11.9 Å². The molecule has 23 heavy (non-hydrogen) atoms. The van der Waals surface area contributed by atoms with Crippen molar-refractivity contribution in [3.05, 3.63) is 41.6 Å². The van der Waals surface area contributed by atoms with Gasteiger partial charge in [-0.2, -0.15) is 0 Å². The van der Waals surface area contributed by atoms with Gasteiger partial charge in [-0.3, -0.25) is 19.7 Å². The Bertz CT molecular complexity index is 684. The van der Waals surface area contributed by atoms with Crippen LogP contribution in [-0.4, -0.2) is 28.7 Å². The number of piperidine rings is 1. The van der Waals surface area contributed by atoms with E-state index in [1.165, 1.54) is 4.90 Å². The van der Waals surface area contributed by atoms with E-state index in [0.717, 1.165) is 0 Å². The van der Waals surface area contributed by atoms with Gasteiger partial charge in [-0.1, -0.05) is 18.7 Å². The third-order valence-corrected chi connectivity index (χ3v) is 3.77. The molecule has 1 saturated heterocycles. The first kappa shape index (κ1) is 16.7. The number of nitrogens with two attached hydrogens (primary N) is 2. The number of rotatable bonds is 4. The fraction of sp³-hybridized carbons (Fsp3) is 0.312. The molecule has 1 aliphatic heterocycles. The average molecular weight is 316 g/mol. The number of nitrogen functional groups attached to an aromatic ring is 1. The maximum absolute atomic E-state index is 13.0. The van der Waals surface area contributed by atoms with Crippen LogP contribution in [0.25, 0.3) is 0 Å². The molecule has 1 heterocycles. The van der Waals surface area contributed by atoms with Crippen LogP contribution in [0.2, 0.25) is 0 Å². The SMILES string of the molecule is C=C(C)N(C(=O)c1c(N)cccc1CN)C1CCC(=O)NC1=O. The van der Waals surface area contributed by atoms with Gasteiger partial charge in [0.15, 0.2) is 0 Å². The zero-order chi connectivity index (χ0) is 17.1. The number of allylic oxidation sites excluding steroid dienone is 1. The van der Waals surface area contributed by atoms with E-state index in [0.29, 0.717) is 11.3 Å². The quantitative estimate of drug-likeness (QED) is 0.552. The highest BCUT2D eigenvalue weighted by Crippen LogP contribution is 2.25. The predicted molar refractivity (Wildman–Crippen MR) is 85.9 cm³/mol. The number of hydrogen-bond acceptors (Lipinski definition) is 5. The molecule has 122 valence electrons. The third-order valence-electron chi connectivity index (χ3n) is 3.77. The first-order valence-electron chi connectivity index (χ1n) is 7.27. The Morgan fingerprint density at radius 1 is 1.43 bits per heavy atom. The lowest BCUT2D eigenvalue weighted by Crippen LogP contribution is -2.53. The van der Waals surface area contributed by atoms with Gasteiger partial charge in [-0.15, -0.1) is 0 Å². The molecule has 3 amide bonds. The van der Waals surface area contributed by atoms with Crippen molar-refractivity contribution in [3.63, 3.8) is 0 Å². The topological polar surface area (TPSA) is 119 Å². The number of imide groups is 1. The molecule has 2 rings (SSSR count). The Hall–Kier alpha value is -2.67. The van der Waals surface area contributed by atoms with Crippen LogP contribution < -0.4 is 16.8 Å². The largest absolute Gasteiger partial charge is 0.398 e. The zero-order valence-electron chi connectivity index (χ0n) is 13.0. The van der Waals surface area contributed by atoms with Gasteiger partial charge in [-0.05, 0) is 25.0 Å². The third kappa shape index (κ3) is 3.24. The number of benzene rings is 1. The zero-order valence-corrected chi connectivity index (χ0v) is 13.0. The second kappa shape index (κ2) is 6.62. The lowest BCUT2D eigenvalue weighted by molar-refractivity contribution is -0.136. The van der Waals surface area contributed by atoms with Crippen molar-refractivity contribution >= 4 is 23.4 Å². The second-order valence-electron chi connectivity index (χ2n) is 5.46. The van der Waals surface area contributed by atoms with E-state index < -0.39 is 17.9 Å². The molecule has 0 radical (unpaired) electrons. The van der Waals surface area contributed by atoms with E-state index in [-0.39, 0.29) is 36.5 Å². The molecule has 0 spiro atoms. The highest BCUT2D eigenvalue weighted by Gasteiger charge is 2.36. The molecule has 0 aromatic heterocycles. The summed E-state index contributed by atoms with van der Waals surface area (Å²) < 4.78 is 0. The summed E-state index contributed by atoms with van der Waals surface area (Å²) in [6, 6.07) is 4.24. The monoisotopic (exact) mass is 316 g/mol. The molecule has 1 aromatic rings. The van der Waals surface area contributed by atoms with Gasteiger partial charge >= 0.3 is 0 Å². The van der Waals surface area contributed by atoms with Crippen LogP contribution in [-0.2, 0) is 16.1 Å². The normalized spacial score (nSPS) is 17.6. The van der Waals surface area contributed by atoms with Crippen LogP contribution in [0.5, 0.6) is 0 Å². The van der Waals surface area contributed by atoms with Gasteiger partial charge in [0.1, 0.15) is 6.04 Å². The molecular formula is C16H20N4O3. The van der Waals surface area contributed by atoms with Gasteiger partial charge < -0.3 is 16.4 Å². The van der Waals surface area contributed by atoms with E-state index in [1.54, 1.807) is 25.1 Å². The molecule has 5 N–H and O–H groups in total. The fourth-order valence-corrected chi connectivity index (χ4v) is 2.68. The van der Waals surface area contributed by atoms with Crippen molar-refractivity contribution in [3.8, 4) is 0 Å². The molecule has 0 aliphatic carbocycles. The maximum Gasteiger partial charge on any atom is 0.261 e. The van der Waals surface area contributed by atoms with Gasteiger partial charge in [0.2, 0.25) is 11.8 Å². The number of carbonyl (C=O) groups is 3. The summed E-state index contributed by atoms with van der Waals surface area (Å²) in [5, 5.41) is 2.25. The molecule has 1 fully saturated rings. The summed E-state index contributed by atoms with van der Waals surface area (Å²) >= 11 is 0. The lowest BCUT2D eigenvalue weighted by atomic mass is 9.99. The molecule has 7 heteroatoms. The molecule has 1 unspecified atom stereocenters. The van der Waals surface area contributed by atoms with Crippen LogP contribution in [0.1, 0.15) is 35.7 Å². The van der Waals surface area contributed by atoms with Crippen molar-refractivity contribution in [2.45, 2.75) is 32.4 Å². The minimum absolute atomic E-state index is 0.144. The van der Waals surface area contributed by atoms with Crippen molar-refractivity contribution < 1.29 is 14.4 Å². The Morgan fingerprint density at radius 3 is 2.70 bits per heavy atom. The molecule has 1 aliphatic rings. The number of nitrogens with zero attached hydrogens (tertiary/aromatic N) is 1. The molecular weight excluding hydrogens is 296 g/mol. The van der Waals surface area contributed by atoms with Crippen molar-refractivity contribution in [1.82, 2.24) is 10.2 Å². The summed E-state index contributed by atoms with van der Waals surface area (Å²) in [5.74, 6) is -1.30. The summed E-state index contributed by atoms with van der Waals surface area (Å²) in [6.45, 7) is 5.56. The Balaban J connectivity index is 2.43. The number of anilines is 1. The fourth-order valence-electron chi connectivity index (χ4n) is 2.68. The van der Waals surface area contributed by atoms with Crippen molar-refractivity contribution in [1.29, 1.82) is 0 Å². The van der Waals surface area contributed by atoms with Crippen LogP contribution in [0.3, 0.4) is 0 Å². The molecule has 0 saturated carbocycles. The highest BCUT2D eigenvalue weighted by atomic mass is 16.2. The van der Waals surface area contributed by atoms with Crippen molar-refractivity contribution in [2.24, 2.45) is 5.73 Å². The Morgan fingerprint density at radius 2 is 2.13 bits per heavy atom. The number of carbonyl (C=O) groups excluding carboxylic acids is 3. The van der Waals surface area contributed by atoms with E-state index in [9.17, 15) is 14.4 Å². The average Bonchev–Trinajstić information content (AvgIpc) is 2.48. The second-order valence-corrected chi connectivity index (χ2v) is 5.46. The standard InChI is InChI=1S/C16H20N4O3/c1-9(2)20(12-6-7-13(21)19-15(12)22)16(23)14-10(8-17)4-3-5-11(14)18/h3-5,12H,1,6-8,17-18H2,2H3,(H,19,21,22). The van der Waals surface area contributed by atoms with Crippen LogP contribution in [0.15, 0.2) is 30.5 Å². The van der Waals surface area contributed by atoms with E-state index in [4.69, 9.17) is 11.5 Å². The Kier molecular flexibility index (Phi) is 4.80. The van der Waals surface area contributed by atoms with Gasteiger partial charge in [0.25, 0.3) is 5.91 Å². The molecule has 7 nitrogen and oxygen atoms in total. The molecule has 1 aromatic carbocycles. The summed E-state index contributed by atoms with van der Waals surface area (Å²) in [7, 11) is 0. The first-order valence-corrected chi connectivity index (χ1v) is 7.27.